The minimum Gasteiger partial charge on any atom is -0.326 e. The van der Waals surface area contributed by atoms with E-state index < -0.39 is 0 Å². The maximum Gasteiger partial charge on any atom is 0.227 e. The van der Waals surface area contributed by atoms with E-state index in [9.17, 15) is 4.79 Å². The summed E-state index contributed by atoms with van der Waals surface area (Å²) in [4.78, 5) is 16.7. The van der Waals surface area contributed by atoms with Gasteiger partial charge in [-0.25, -0.2) is 4.98 Å². The molecule has 0 saturated carbocycles. The van der Waals surface area contributed by atoms with Crippen molar-refractivity contribution in [2.24, 2.45) is 5.92 Å². The van der Waals surface area contributed by atoms with Crippen molar-refractivity contribution >= 4 is 24.0 Å². The molecule has 1 fully saturated rings. The van der Waals surface area contributed by atoms with E-state index in [0.29, 0.717) is 11.9 Å². The van der Waals surface area contributed by atoms with Crippen LogP contribution in [0.15, 0.2) is 24.3 Å². The second-order valence-electron chi connectivity index (χ2n) is 5.89. The minimum atomic E-state index is 0. The maximum atomic E-state index is 12.4. The third-order valence-corrected chi connectivity index (χ3v) is 3.98. The van der Waals surface area contributed by atoms with Crippen LogP contribution < -0.4 is 10.6 Å². The summed E-state index contributed by atoms with van der Waals surface area (Å²) < 4.78 is 0. The molecule has 1 aliphatic heterocycles. The van der Waals surface area contributed by atoms with Gasteiger partial charge in [-0.15, -0.1) is 12.4 Å². The summed E-state index contributed by atoms with van der Waals surface area (Å²) in [5, 5.41) is 13.4. The van der Waals surface area contributed by atoms with Crippen LogP contribution in [0.5, 0.6) is 0 Å². The van der Waals surface area contributed by atoms with Gasteiger partial charge in [0.15, 0.2) is 5.82 Å². The van der Waals surface area contributed by atoms with Gasteiger partial charge >= 0.3 is 0 Å². The Labute approximate surface area is 141 Å². The lowest BCUT2D eigenvalue weighted by molar-refractivity contribution is -0.120. The molecule has 1 aliphatic rings. The first-order chi connectivity index (χ1) is 10.6. The van der Waals surface area contributed by atoms with Crippen LogP contribution in [0, 0.1) is 12.8 Å². The summed E-state index contributed by atoms with van der Waals surface area (Å²) in [5.41, 5.74) is 1.68. The Hall–Kier alpha value is -1.92. The Balaban J connectivity index is 0.00000192. The van der Waals surface area contributed by atoms with Gasteiger partial charge in [-0.05, 0) is 45.4 Å². The monoisotopic (exact) mass is 335 g/mol. The highest BCUT2D eigenvalue weighted by molar-refractivity contribution is 5.93. The number of aromatic amines is 1. The number of rotatable bonds is 3. The number of H-pyrrole nitrogens is 1. The summed E-state index contributed by atoms with van der Waals surface area (Å²) in [6.07, 6.45) is 1.77. The molecule has 1 amide bonds. The van der Waals surface area contributed by atoms with Crippen molar-refractivity contribution in [3.63, 3.8) is 0 Å². The van der Waals surface area contributed by atoms with E-state index >= 15 is 0 Å². The molecule has 1 aromatic heterocycles. The van der Waals surface area contributed by atoms with E-state index in [-0.39, 0.29) is 24.2 Å². The molecule has 6 nitrogen and oxygen atoms in total. The molecule has 7 heteroatoms. The van der Waals surface area contributed by atoms with E-state index in [1.807, 2.05) is 31.2 Å². The van der Waals surface area contributed by atoms with Gasteiger partial charge < -0.3 is 10.6 Å². The highest BCUT2D eigenvalue weighted by Gasteiger charge is 2.24. The zero-order valence-electron chi connectivity index (χ0n) is 13.3. The highest BCUT2D eigenvalue weighted by Crippen LogP contribution is 2.22. The van der Waals surface area contributed by atoms with Gasteiger partial charge in [0.1, 0.15) is 5.82 Å². The number of anilines is 1. The Morgan fingerprint density at radius 3 is 2.91 bits per heavy atom. The zero-order chi connectivity index (χ0) is 15.5. The normalized spacial score (nSPS) is 20.6. The molecular weight excluding hydrogens is 314 g/mol. The predicted molar refractivity (Wildman–Crippen MR) is 92.6 cm³/mol. The third-order valence-electron chi connectivity index (χ3n) is 3.98. The number of halogens is 1. The molecule has 124 valence electrons. The standard InChI is InChI=1S/C16H21N5O.ClH/c1-10-8-13(6-7-17-10)16(22)19-14-5-3-4-12(9-14)15-18-11(2)20-21-15;/h3-5,9-10,13,17H,6-8H2,1-2H3,(H,19,22)(H,18,20,21);1H/t10-,13-;/m0./s1. The van der Waals surface area contributed by atoms with Gasteiger partial charge in [0.25, 0.3) is 0 Å². The van der Waals surface area contributed by atoms with Gasteiger partial charge in [0.05, 0.1) is 0 Å². The second-order valence-corrected chi connectivity index (χ2v) is 5.89. The largest absolute Gasteiger partial charge is 0.326 e. The first-order valence-corrected chi connectivity index (χ1v) is 7.65. The van der Waals surface area contributed by atoms with Crippen molar-refractivity contribution < 1.29 is 4.79 Å². The molecule has 3 N–H and O–H groups in total. The van der Waals surface area contributed by atoms with Gasteiger partial charge in [-0.1, -0.05) is 12.1 Å². The van der Waals surface area contributed by atoms with Gasteiger partial charge in [0, 0.05) is 23.2 Å². The minimum absolute atomic E-state index is 0. The molecule has 0 radical (unpaired) electrons. The summed E-state index contributed by atoms with van der Waals surface area (Å²) in [6, 6.07) is 8.04. The lowest BCUT2D eigenvalue weighted by Gasteiger charge is -2.27. The Bertz CT molecular complexity index is 672. The smallest absolute Gasteiger partial charge is 0.227 e. The third kappa shape index (κ3) is 4.30. The van der Waals surface area contributed by atoms with E-state index in [0.717, 1.165) is 36.5 Å². The Morgan fingerprint density at radius 2 is 2.22 bits per heavy atom. The number of piperidine rings is 1. The van der Waals surface area contributed by atoms with Gasteiger partial charge in [-0.2, -0.15) is 5.10 Å². The molecule has 3 rings (SSSR count). The topological polar surface area (TPSA) is 82.7 Å². The van der Waals surface area contributed by atoms with Crippen LogP contribution in [0.1, 0.15) is 25.6 Å². The number of carbonyl (C=O) groups excluding carboxylic acids is 1. The first kappa shape index (κ1) is 17.4. The summed E-state index contributed by atoms with van der Waals surface area (Å²) in [6.45, 7) is 4.88. The molecule has 0 spiro atoms. The van der Waals surface area contributed by atoms with Crippen LogP contribution in [-0.2, 0) is 4.79 Å². The zero-order valence-corrected chi connectivity index (χ0v) is 14.1. The van der Waals surface area contributed by atoms with Gasteiger partial charge in [-0.3, -0.25) is 9.89 Å². The van der Waals surface area contributed by atoms with Crippen molar-refractivity contribution in [3.8, 4) is 11.4 Å². The van der Waals surface area contributed by atoms with Crippen molar-refractivity contribution in [2.75, 3.05) is 11.9 Å². The van der Waals surface area contributed by atoms with Crippen molar-refractivity contribution in [2.45, 2.75) is 32.7 Å². The average molecular weight is 336 g/mol. The van der Waals surface area contributed by atoms with Crippen LogP contribution in [0.2, 0.25) is 0 Å². The average Bonchev–Trinajstić information content (AvgIpc) is 2.94. The van der Waals surface area contributed by atoms with Crippen LogP contribution in [0.4, 0.5) is 5.69 Å². The van der Waals surface area contributed by atoms with Crippen LogP contribution in [0.3, 0.4) is 0 Å². The Kier molecular flexibility index (Phi) is 5.74. The number of aromatic nitrogens is 3. The van der Waals surface area contributed by atoms with E-state index in [2.05, 4.69) is 32.7 Å². The Morgan fingerprint density at radius 1 is 1.39 bits per heavy atom. The second kappa shape index (κ2) is 7.57. The molecule has 0 aliphatic carbocycles. The summed E-state index contributed by atoms with van der Waals surface area (Å²) in [7, 11) is 0. The number of nitrogens with zero attached hydrogens (tertiary/aromatic N) is 2. The maximum absolute atomic E-state index is 12.4. The highest BCUT2D eigenvalue weighted by atomic mass is 35.5. The fourth-order valence-corrected chi connectivity index (χ4v) is 2.82. The van der Waals surface area contributed by atoms with Crippen molar-refractivity contribution in [1.82, 2.24) is 20.5 Å². The van der Waals surface area contributed by atoms with Crippen molar-refractivity contribution in [1.29, 1.82) is 0 Å². The molecule has 1 saturated heterocycles. The molecular formula is C16H22ClN5O. The van der Waals surface area contributed by atoms with E-state index in [4.69, 9.17) is 0 Å². The number of hydrogen-bond donors (Lipinski definition) is 3. The predicted octanol–water partition coefficient (Wildman–Crippen LogP) is 2.53. The number of hydrogen-bond acceptors (Lipinski definition) is 4. The summed E-state index contributed by atoms with van der Waals surface area (Å²) >= 11 is 0. The van der Waals surface area contributed by atoms with Gasteiger partial charge in [0.2, 0.25) is 5.91 Å². The molecule has 23 heavy (non-hydrogen) atoms. The quantitative estimate of drug-likeness (QED) is 0.805. The molecule has 2 aromatic rings. The van der Waals surface area contributed by atoms with E-state index in [1.165, 1.54) is 0 Å². The number of carbonyl (C=O) groups is 1. The number of amides is 1. The molecule has 2 heterocycles. The van der Waals surface area contributed by atoms with Crippen molar-refractivity contribution in [3.05, 3.63) is 30.1 Å². The SMILES string of the molecule is Cc1nc(-c2cccc(NC(=O)[C@H]3CCN[C@@H](C)C3)c2)n[nH]1.Cl. The summed E-state index contributed by atoms with van der Waals surface area (Å²) in [5.74, 6) is 1.58. The fourth-order valence-electron chi connectivity index (χ4n) is 2.82. The van der Waals surface area contributed by atoms with E-state index in [1.54, 1.807) is 0 Å². The number of benzene rings is 1. The molecule has 2 atom stereocenters. The lowest BCUT2D eigenvalue weighted by atomic mass is 9.92. The lowest BCUT2D eigenvalue weighted by Crippen LogP contribution is -2.40. The fraction of sp³-hybridized carbons (Fsp3) is 0.438. The molecule has 0 unspecified atom stereocenters. The van der Waals surface area contributed by atoms with Crippen LogP contribution >= 0.6 is 12.4 Å². The molecule has 1 aromatic carbocycles. The van der Waals surface area contributed by atoms with Crippen LogP contribution in [-0.4, -0.2) is 33.7 Å². The first-order valence-electron chi connectivity index (χ1n) is 7.65. The van der Waals surface area contributed by atoms with Crippen LogP contribution in [0.25, 0.3) is 11.4 Å². The number of nitrogens with one attached hydrogen (secondary N) is 3. The number of aryl methyl sites for hydroxylation is 1. The molecule has 0 bridgehead atoms.